The first-order valence-corrected chi connectivity index (χ1v) is 8.53. The van der Waals surface area contributed by atoms with Gasteiger partial charge in [0.1, 0.15) is 0 Å². The van der Waals surface area contributed by atoms with Crippen LogP contribution in [-0.2, 0) is 16.0 Å². The highest BCUT2D eigenvalue weighted by Crippen LogP contribution is 2.37. The van der Waals surface area contributed by atoms with Crippen LogP contribution in [0.25, 0.3) is 0 Å². The highest BCUT2D eigenvalue weighted by molar-refractivity contribution is 7.08. The maximum absolute atomic E-state index is 12.0. The molecule has 0 spiro atoms. The number of ether oxygens (including phenoxy) is 1. The summed E-state index contributed by atoms with van der Waals surface area (Å²) in [4.78, 5) is 18.9. The first-order chi connectivity index (χ1) is 10.7. The molecule has 0 aromatic carbocycles. The molecule has 1 unspecified atom stereocenters. The number of aryl methyl sites for hydroxylation is 1. The lowest BCUT2D eigenvalue weighted by Crippen LogP contribution is -2.29. The van der Waals surface area contributed by atoms with E-state index >= 15 is 0 Å². The first-order valence-electron chi connectivity index (χ1n) is 7.59. The van der Waals surface area contributed by atoms with Crippen molar-refractivity contribution >= 4 is 23.0 Å². The van der Waals surface area contributed by atoms with E-state index in [1.165, 1.54) is 5.56 Å². The van der Waals surface area contributed by atoms with Crippen molar-refractivity contribution < 1.29 is 9.53 Å². The van der Waals surface area contributed by atoms with Gasteiger partial charge in [-0.1, -0.05) is 0 Å². The number of carbonyl (C=O) groups is 1. The van der Waals surface area contributed by atoms with Gasteiger partial charge in [-0.25, -0.2) is 0 Å². The number of pyridine rings is 1. The number of esters is 1. The lowest BCUT2D eigenvalue weighted by atomic mass is 10.1. The van der Waals surface area contributed by atoms with Crippen LogP contribution >= 0.6 is 11.3 Å². The van der Waals surface area contributed by atoms with Crippen molar-refractivity contribution in [1.82, 2.24) is 4.98 Å². The van der Waals surface area contributed by atoms with Crippen molar-refractivity contribution in [1.29, 1.82) is 0 Å². The average Bonchev–Trinajstić information content (AvgIpc) is 3.14. The Balaban J connectivity index is 1.91. The number of hydrogen-bond acceptors (Lipinski definition) is 5. The second kappa shape index (κ2) is 6.48. The fraction of sp³-hybridized carbons (Fsp3) is 0.412. The summed E-state index contributed by atoms with van der Waals surface area (Å²) in [5.74, 6) is -0.146. The van der Waals surface area contributed by atoms with Gasteiger partial charge in [-0.15, -0.1) is 0 Å². The molecule has 0 aliphatic carbocycles. The van der Waals surface area contributed by atoms with Crippen LogP contribution < -0.4 is 4.90 Å². The molecule has 3 heterocycles. The second-order valence-corrected chi connectivity index (χ2v) is 6.28. The van der Waals surface area contributed by atoms with Crippen LogP contribution in [0.5, 0.6) is 0 Å². The zero-order valence-electron chi connectivity index (χ0n) is 12.9. The van der Waals surface area contributed by atoms with E-state index in [1.54, 1.807) is 11.3 Å². The van der Waals surface area contributed by atoms with Gasteiger partial charge in [0.05, 0.1) is 30.5 Å². The summed E-state index contributed by atoms with van der Waals surface area (Å²) in [5, 5.41) is 4.17. The van der Waals surface area contributed by atoms with Gasteiger partial charge in [-0.3, -0.25) is 9.78 Å². The van der Waals surface area contributed by atoms with E-state index in [0.29, 0.717) is 13.0 Å². The lowest BCUT2D eigenvalue weighted by Gasteiger charge is -2.29. The van der Waals surface area contributed by atoms with Crippen molar-refractivity contribution in [2.24, 2.45) is 0 Å². The summed E-state index contributed by atoms with van der Waals surface area (Å²) in [6, 6.07) is 4.28. The number of anilines is 1. The van der Waals surface area contributed by atoms with Gasteiger partial charge in [0.25, 0.3) is 0 Å². The summed E-state index contributed by atoms with van der Waals surface area (Å²) in [7, 11) is 0. The van der Waals surface area contributed by atoms with Gasteiger partial charge >= 0.3 is 5.97 Å². The summed E-state index contributed by atoms with van der Waals surface area (Å²) < 4.78 is 5.16. The highest BCUT2D eigenvalue weighted by atomic mass is 32.1. The van der Waals surface area contributed by atoms with Crippen LogP contribution in [0.4, 0.5) is 5.69 Å². The minimum atomic E-state index is -0.146. The number of nitrogens with zero attached hydrogens (tertiary/aromatic N) is 2. The second-order valence-electron chi connectivity index (χ2n) is 5.50. The molecule has 0 N–H and O–H groups in total. The monoisotopic (exact) mass is 316 g/mol. The molecule has 2 aromatic rings. The van der Waals surface area contributed by atoms with E-state index in [9.17, 15) is 4.79 Å². The molecule has 1 atom stereocenters. The van der Waals surface area contributed by atoms with Crippen LogP contribution in [0.15, 0.2) is 29.1 Å². The third kappa shape index (κ3) is 2.99. The number of rotatable bonds is 5. The largest absolute Gasteiger partial charge is 0.466 e. The smallest absolute Gasteiger partial charge is 0.308 e. The van der Waals surface area contributed by atoms with Gasteiger partial charge in [0.2, 0.25) is 0 Å². The van der Waals surface area contributed by atoms with Gasteiger partial charge in [0.15, 0.2) is 0 Å². The molecule has 116 valence electrons. The van der Waals surface area contributed by atoms with Crippen LogP contribution in [0.3, 0.4) is 0 Å². The zero-order valence-corrected chi connectivity index (χ0v) is 13.7. The van der Waals surface area contributed by atoms with Crippen molar-refractivity contribution in [3.8, 4) is 0 Å². The zero-order chi connectivity index (χ0) is 15.5. The number of fused-ring (bicyclic) bond motifs is 1. The molecule has 5 heteroatoms. The highest BCUT2D eigenvalue weighted by Gasteiger charge is 2.30. The van der Waals surface area contributed by atoms with Gasteiger partial charge in [-0.2, -0.15) is 11.3 Å². The summed E-state index contributed by atoms with van der Waals surface area (Å²) >= 11 is 1.66. The molecule has 0 amide bonds. The third-order valence-corrected chi connectivity index (χ3v) is 4.65. The minimum absolute atomic E-state index is 0.0233. The van der Waals surface area contributed by atoms with E-state index in [0.717, 1.165) is 29.9 Å². The van der Waals surface area contributed by atoms with Gasteiger partial charge < -0.3 is 9.64 Å². The molecular weight excluding hydrogens is 296 g/mol. The molecular formula is C17H20N2O2S. The topological polar surface area (TPSA) is 42.4 Å². The molecule has 1 aliphatic rings. The van der Waals surface area contributed by atoms with E-state index in [1.807, 2.05) is 13.1 Å². The molecule has 2 aromatic heterocycles. The summed E-state index contributed by atoms with van der Waals surface area (Å²) in [6.07, 6.45) is 3.21. The number of thiophene rings is 1. The predicted molar refractivity (Wildman–Crippen MR) is 88.3 cm³/mol. The van der Waals surface area contributed by atoms with Crippen molar-refractivity contribution in [2.75, 3.05) is 18.1 Å². The summed E-state index contributed by atoms with van der Waals surface area (Å²) in [5.41, 5.74) is 4.59. The van der Waals surface area contributed by atoms with Crippen LogP contribution in [0.1, 0.15) is 36.2 Å². The van der Waals surface area contributed by atoms with E-state index in [-0.39, 0.29) is 12.0 Å². The average molecular weight is 316 g/mol. The standard InChI is InChI=1S/C17H20N2O2S/c1-3-21-17(20)9-15(13-5-7-22-11-13)19-6-4-14-16(19)8-12(2)10-18-14/h5,7-8,10-11,15H,3-4,6,9H2,1-2H3. The molecule has 1 aliphatic heterocycles. The molecule has 0 saturated carbocycles. The van der Waals surface area contributed by atoms with Crippen molar-refractivity contribution in [2.45, 2.75) is 32.7 Å². The van der Waals surface area contributed by atoms with Crippen LogP contribution in [0.2, 0.25) is 0 Å². The Bertz CT molecular complexity index is 655. The fourth-order valence-electron chi connectivity index (χ4n) is 2.94. The number of aromatic nitrogens is 1. The quantitative estimate of drug-likeness (QED) is 0.792. The lowest BCUT2D eigenvalue weighted by molar-refractivity contribution is -0.143. The van der Waals surface area contributed by atoms with Gasteiger partial charge in [-0.05, 0) is 47.9 Å². The molecule has 0 fully saturated rings. The minimum Gasteiger partial charge on any atom is -0.466 e. The number of carbonyl (C=O) groups excluding carboxylic acids is 1. The van der Waals surface area contributed by atoms with E-state index in [4.69, 9.17) is 4.74 Å². The maximum atomic E-state index is 12.0. The Morgan fingerprint density at radius 1 is 1.55 bits per heavy atom. The maximum Gasteiger partial charge on any atom is 0.308 e. The Morgan fingerprint density at radius 2 is 2.41 bits per heavy atom. The molecule has 0 bridgehead atoms. The van der Waals surface area contributed by atoms with E-state index in [2.05, 4.69) is 39.7 Å². The summed E-state index contributed by atoms with van der Waals surface area (Å²) in [6.45, 7) is 5.21. The van der Waals surface area contributed by atoms with Crippen molar-refractivity contribution in [3.63, 3.8) is 0 Å². The Kier molecular flexibility index (Phi) is 4.43. The first kappa shape index (κ1) is 15.0. The fourth-order valence-corrected chi connectivity index (χ4v) is 3.65. The van der Waals surface area contributed by atoms with Gasteiger partial charge in [0, 0.05) is 19.2 Å². The SMILES string of the molecule is CCOC(=O)CC(c1ccsc1)N1CCc2ncc(C)cc21. The Hall–Kier alpha value is -1.88. The Morgan fingerprint density at radius 3 is 3.14 bits per heavy atom. The van der Waals surface area contributed by atoms with Crippen LogP contribution in [0, 0.1) is 6.92 Å². The van der Waals surface area contributed by atoms with Crippen molar-refractivity contribution in [3.05, 3.63) is 45.9 Å². The third-order valence-electron chi connectivity index (χ3n) is 3.95. The normalized spacial score (nSPS) is 14.7. The molecule has 0 saturated heterocycles. The molecule has 0 radical (unpaired) electrons. The molecule has 4 nitrogen and oxygen atoms in total. The van der Waals surface area contributed by atoms with E-state index < -0.39 is 0 Å². The Labute approximate surface area is 134 Å². The predicted octanol–water partition coefficient (Wildman–Crippen LogP) is 3.51. The number of hydrogen-bond donors (Lipinski definition) is 0. The molecule has 3 rings (SSSR count). The molecule has 22 heavy (non-hydrogen) atoms. The van der Waals surface area contributed by atoms with Crippen LogP contribution in [-0.4, -0.2) is 24.1 Å².